The summed E-state index contributed by atoms with van der Waals surface area (Å²) in [4.78, 5) is 0. The van der Waals surface area contributed by atoms with Gasteiger partial charge in [-0.15, -0.1) is 0 Å². The van der Waals surface area contributed by atoms with Gasteiger partial charge in [0.1, 0.15) is 6.61 Å². The fourth-order valence-electron chi connectivity index (χ4n) is 1.81. The van der Waals surface area contributed by atoms with Gasteiger partial charge in [-0.2, -0.15) is 10.4 Å². The quantitative estimate of drug-likeness (QED) is 0.580. The molecule has 20 heavy (non-hydrogen) atoms. The monoisotopic (exact) mass is 446 g/mol. The first kappa shape index (κ1) is 15.1. The molecule has 0 fully saturated rings. The molecule has 1 aromatic heterocycles. The van der Waals surface area contributed by atoms with Gasteiger partial charge in [-0.3, -0.25) is 4.68 Å². The molecule has 0 atom stereocenters. The van der Waals surface area contributed by atoms with Crippen molar-refractivity contribution in [2.45, 2.75) is 13.5 Å². The number of aromatic nitrogens is 2. The molecule has 7 heteroatoms. The van der Waals surface area contributed by atoms with Crippen molar-refractivity contribution in [3.05, 3.63) is 37.1 Å². The smallest absolute Gasteiger partial charge is 0.156 e. The van der Waals surface area contributed by atoms with Gasteiger partial charge in [-0.25, -0.2) is 0 Å². The van der Waals surface area contributed by atoms with Crippen LogP contribution in [0.2, 0.25) is 0 Å². The van der Waals surface area contributed by atoms with Gasteiger partial charge in [-0.05, 0) is 57.6 Å². The van der Waals surface area contributed by atoms with E-state index in [-0.39, 0.29) is 0 Å². The van der Waals surface area contributed by atoms with Crippen LogP contribution < -0.4 is 10.5 Å². The number of halogens is 2. The molecule has 0 saturated heterocycles. The van der Waals surface area contributed by atoms with E-state index in [4.69, 9.17) is 15.7 Å². The third-order valence-corrected chi connectivity index (χ3v) is 4.65. The number of ether oxygens (including phenoxy) is 1. The Labute approximate surface area is 139 Å². The fourth-order valence-corrected chi connectivity index (χ4v) is 3.06. The second kappa shape index (κ2) is 6.01. The zero-order valence-corrected chi connectivity index (χ0v) is 14.7. The van der Waals surface area contributed by atoms with Gasteiger partial charge in [-0.1, -0.05) is 0 Å². The van der Waals surface area contributed by atoms with Crippen LogP contribution in [0.5, 0.6) is 5.75 Å². The van der Waals surface area contributed by atoms with E-state index in [0.717, 1.165) is 19.4 Å². The van der Waals surface area contributed by atoms with Crippen LogP contribution in [0.25, 0.3) is 0 Å². The van der Waals surface area contributed by atoms with Crippen LogP contribution in [0.15, 0.2) is 16.6 Å². The van der Waals surface area contributed by atoms with Crippen LogP contribution in [0, 0.1) is 21.8 Å². The Hall–Kier alpha value is -1.27. The van der Waals surface area contributed by atoms with Crippen molar-refractivity contribution in [1.29, 1.82) is 5.26 Å². The van der Waals surface area contributed by atoms with Gasteiger partial charge in [0.25, 0.3) is 0 Å². The minimum atomic E-state index is 0.351. The summed E-state index contributed by atoms with van der Waals surface area (Å²) in [6, 6.07) is 5.43. The maximum absolute atomic E-state index is 8.89. The first-order valence-corrected chi connectivity index (χ1v) is 7.61. The molecule has 0 amide bonds. The molecule has 0 aliphatic rings. The van der Waals surface area contributed by atoms with E-state index in [1.807, 2.05) is 14.0 Å². The number of hydrogen-bond acceptors (Lipinski definition) is 4. The first-order valence-electron chi connectivity index (χ1n) is 5.74. The van der Waals surface area contributed by atoms with Gasteiger partial charge in [0.05, 0.1) is 36.8 Å². The Balaban J connectivity index is 2.26. The van der Waals surface area contributed by atoms with Crippen molar-refractivity contribution in [3.8, 4) is 11.8 Å². The van der Waals surface area contributed by atoms with Crippen molar-refractivity contribution < 1.29 is 4.74 Å². The van der Waals surface area contributed by atoms with E-state index in [9.17, 15) is 0 Å². The van der Waals surface area contributed by atoms with Gasteiger partial charge in [0, 0.05) is 7.05 Å². The highest BCUT2D eigenvalue weighted by molar-refractivity contribution is 14.1. The normalized spacial score (nSPS) is 10.3. The molecule has 1 aromatic carbocycles. The van der Waals surface area contributed by atoms with Crippen molar-refractivity contribution in [2.75, 3.05) is 5.73 Å². The van der Waals surface area contributed by atoms with E-state index >= 15 is 0 Å². The minimum absolute atomic E-state index is 0.351. The minimum Gasteiger partial charge on any atom is -0.484 e. The standard InChI is InChI=1S/C13H12BrIN4O/c1-7-12(14)11(19(2)18-7)6-20-13-9(15)3-8(5-16)4-10(13)17/h3-4H,6,17H2,1-2H3. The average Bonchev–Trinajstić information content (AvgIpc) is 2.63. The van der Waals surface area contributed by atoms with Crippen LogP contribution in [0.3, 0.4) is 0 Å². The summed E-state index contributed by atoms with van der Waals surface area (Å²) in [5.74, 6) is 0.593. The molecule has 0 unspecified atom stereocenters. The summed E-state index contributed by atoms with van der Waals surface area (Å²) in [5.41, 5.74) is 8.76. The number of nitriles is 1. The number of hydrogen-bond donors (Lipinski definition) is 1. The number of nitrogens with zero attached hydrogens (tertiary/aromatic N) is 3. The molecule has 2 rings (SSSR count). The lowest BCUT2D eigenvalue weighted by atomic mass is 10.2. The van der Waals surface area contributed by atoms with Gasteiger partial charge < -0.3 is 10.5 Å². The summed E-state index contributed by atoms with van der Waals surface area (Å²) >= 11 is 5.60. The lowest BCUT2D eigenvalue weighted by molar-refractivity contribution is 0.293. The van der Waals surface area contributed by atoms with Crippen LogP contribution >= 0.6 is 38.5 Å². The second-order valence-electron chi connectivity index (χ2n) is 4.25. The van der Waals surface area contributed by atoms with Crippen molar-refractivity contribution in [3.63, 3.8) is 0 Å². The van der Waals surface area contributed by atoms with E-state index in [1.54, 1.807) is 16.8 Å². The lowest BCUT2D eigenvalue weighted by Crippen LogP contribution is -2.06. The summed E-state index contributed by atoms with van der Waals surface area (Å²) in [6.45, 7) is 2.28. The van der Waals surface area contributed by atoms with E-state index in [0.29, 0.717) is 23.6 Å². The predicted octanol–water partition coefficient (Wildman–Crippen LogP) is 3.13. The van der Waals surface area contributed by atoms with Crippen LogP contribution in [-0.2, 0) is 13.7 Å². The third-order valence-electron chi connectivity index (χ3n) is 2.82. The van der Waals surface area contributed by atoms with Gasteiger partial charge in [0.15, 0.2) is 5.75 Å². The maximum Gasteiger partial charge on any atom is 0.156 e. The Morgan fingerprint density at radius 2 is 2.25 bits per heavy atom. The fraction of sp³-hybridized carbons (Fsp3) is 0.231. The molecule has 104 valence electrons. The summed E-state index contributed by atoms with van der Waals surface area (Å²) in [5, 5.41) is 13.2. The molecule has 0 bridgehead atoms. The Kier molecular flexibility index (Phi) is 4.55. The summed E-state index contributed by atoms with van der Waals surface area (Å²) in [6.07, 6.45) is 0. The lowest BCUT2D eigenvalue weighted by Gasteiger charge is -2.11. The zero-order chi connectivity index (χ0) is 14.9. The molecule has 0 saturated carbocycles. The van der Waals surface area contributed by atoms with Gasteiger partial charge >= 0.3 is 0 Å². The molecule has 0 spiro atoms. The van der Waals surface area contributed by atoms with Crippen molar-refractivity contribution >= 4 is 44.2 Å². The number of rotatable bonds is 3. The molecule has 2 aromatic rings. The topological polar surface area (TPSA) is 76.9 Å². The largest absolute Gasteiger partial charge is 0.484 e. The van der Waals surface area contributed by atoms with E-state index in [1.165, 1.54) is 0 Å². The molecule has 0 aliphatic carbocycles. The van der Waals surface area contributed by atoms with E-state index < -0.39 is 0 Å². The highest BCUT2D eigenvalue weighted by atomic mass is 127. The predicted molar refractivity (Wildman–Crippen MR) is 88.3 cm³/mol. The summed E-state index contributed by atoms with van der Waals surface area (Å²) < 4.78 is 9.31. The Morgan fingerprint density at radius 3 is 2.75 bits per heavy atom. The van der Waals surface area contributed by atoms with Crippen LogP contribution in [-0.4, -0.2) is 9.78 Å². The number of benzene rings is 1. The van der Waals surface area contributed by atoms with Crippen LogP contribution in [0.4, 0.5) is 5.69 Å². The molecule has 0 radical (unpaired) electrons. The zero-order valence-electron chi connectivity index (χ0n) is 10.9. The third kappa shape index (κ3) is 2.91. The number of nitrogen functional groups attached to an aromatic ring is 1. The highest BCUT2D eigenvalue weighted by Crippen LogP contribution is 2.31. The molecular formula is C13H12BrIN4O. The molecule has 2 N–H and O–H groups in total. The number of anilines is 1. The Morgan fingerprint density at radius 1 is 1.55 bits per heavy atom. The first-order chi connectivity index (χ1) is 9.43. The van der Waals surface area contributed by atoms with Crippen molar-refractivity contribution in [1.82, 2.24) is 9.78 Å². The molecular weight excluding hydrogens is 435 g/mol. The Bertz CT molecular complexity index is 682. The van der Waals surface area contributed by atoms with Gasteiger partial charge in [0.2, 0.25) is 0 Å². The molecule has 1 heterocycles. The SMILES string of the molecule is Cc1nn(C)c(COc2c(N)cc(C#N)cc2I)c1Br. The highest BCUT2D eigenvalue weighted by Gasteiger charge is 2.14. The van der Waals surface area contributed by atoms with Crippen molar-refractivity contribution in [2.24, 2.45) is 7.05 Å². The average molecular weight is 447 g/mol. The number of nitrogens with two attached hydrogens (primary N) is 1. The van der Waals surface area contributed by atoms with Crippen LogP contribution in [0.1, 0.15) is 17.0 Å². The van der Waals surface area contributed by atoms with E-state index in [2.05, 4.69) is 49.7 Å². The molecule has 0 aliphatic heterocycles. The summed E-state index contributed by atoms with van der Waals surface area (Å²) in [7, 11) is 1.86. The number of aryl methyl sites for hydroxylation is 2. The molecule has 5 nitrogen and oxygen atoms in total. The maximum atomic E-state index is 8.89. The second-order valence-corrected chi connectivity index (χ2v) is 6.20.